The van der Waals surface area contributed by atoms with E-state index in [-0.39, 0.29) is 25.2 Å². The molecule has 0 saturated carbocycles. The number of methoxy groups -OCH3 is 1. The van der Waals surface area contributed by atoms with Crippen molar-refractivity contribution in [3.05, 3.63) is 71.8 Å². The molecule has 0 spiro atoms. The fourth-order valence-corrected chi connectivity index (χ4v) is 5.12. The number of anilines is 1. The lowest BCUT2D eigenvalue weighted by Gasteiger charge is -2.32. The standard InChI is InChI=1S/C25H26N4O6S/c1-35-20-9-7-17-13-19(8-6-18(17)14-20)29(36(33)34)21-10-11-28(24(21)30)22(25(31)32)12-15-2-4-16(5-3-15)23(26)27/h2-9,13-14,21-22H,10-12H2,1H3,(H3,26,27)(H,31,32)(H,33,34)/p-1. The summed E-state index contributed by atoms with van der Waals surface area (Å²) in [6.07, 6.45) is 0.185. The number of aliphatic carboxylic acids is 1. The minimum Gasteiger partial charge on any atom is -0.755 e. The van der Waals surface area contributed by atoms with Gasteiger partial charge in [-0.1, -0.05) is 36.4 Å². The molecule has 0 aromatic heterocycles. The van der Waals surface area contributed by atoms with Crippen molar-refractivity contribution in [2.75, 3.05) is 18.0 Å². The number of ether oxygens (including phenoxy) is 1. The molecule has 36 heavy (non-hydrogen) atoms. The predicted molar refractivity (Wildman–Crippen MR) is 135 cm³/mol. The number of nitrogens with two attached hydrogens (primary N) is 1. The lowest BCUT2D eigenvalue weighted by atomic mass is 10.0. The number of nitrogens with one attached hydrogen (secondary N) is 1. The van der Waals surface area contributed by atoms with Gasteiger partial charge in [0.25, 0.3) is 0 Å². The summed E-state index contributed by atoms with van der Waals surface area (Å²) in [6, 6.07) is 14.7. The molecule has 0 aliphatic carbocycles. The van der Waals surface area contributed by atoms with Gasteiger partial charge in [0.05, 0.1) is 7.11 Å². The maximum absolute atomic E-state index is 13.3. The minimum absolute atomic E-state index is 0.0320. The molecule has 11 heteroatoms. The van der Waals surface area contributed by atoms with Crippen LogP contribution in [0.4, 0.5) is 5.69 Å². The second-order valence-electron chi connectivity index (χ2n) is 8.45. The van der Waals surface area contributed by atoms with Crippen molar-refractivity contribution in [3.8, 4) is 5.75 Å². The second kappa shape index (κ2) is 10.3. The Balaban J connectivity index is 1.58. The van der Waals surface area contributed by atoms with Crippen LogP contribution in [0.25, 0.3) is 10.8 Å². The number of likely N-dealkylation sites (tertiary alicyclic amines) is 1. The highest BCUT2D eigenvalue weighted by Crippen LogP contribution is 2.31. The average molecular weight is 510 g/mol. The largest absolute Gasteiger partial charge is 0.755 e. The number of fused-ring (bicyclic) bond motifs is 1. The monoisotopic (exact) mass is 509 g/mol. The number of nitrogen functional groups attached to an aromatic ring is 1. The quantitative estimate of drug-likeness (QED) is 0.226. The number of carboxylic acids is 1. The molecular weight excluding hydrogens is 484 g/mol. The molecule has 1 aliphatic rings. The van der Waals surface area contributed by atoms with Crippen LogP contribution in [0.15, 0.2) is 60.7 Å². The lowest BCUT2D eigenvalue weighted by molar-refractivity contribution is -0.148. The highest BCUT2D eigenvalue weighted by molar-refractivity contribution is 7.80. The van der Waals surface area contributed by atoms with Gasteiger partial charge in [-0.05, 0) is 47.0 Å². The molecule has 1 heterocycles. The van der Waals surface area contributed by atoms with Crippen molar-refractivity contribution in [3.63, 3.8) is 0 Å². The van der Waals surface area contributed by atoms with Crippen molar-refractivity contribution >= 4 is 45.4 Å². The van der Waals surface area contributed by atoms with Gasteiger partial charge in [0, 0.05) is 35.5 Å². The molecule has 1 saturated heterocycles. The number of carboxylic acid groups (broad SMARTS) is 1. The maximum atomic E-state index is 13.3. The molecule has 3 unspecified atom stereocenters. The van der Waals surface area contributed by atoms with Crippen LogP contribution in [0.3, 0.4) is 0 Å². The molecule has 0 bridgehead atoms. The van der Waals surface area contributed by atoms with Crippen LogP contribution in [0, 0.1) is 5.41 Å². The summed E-state index contributed by atoms with van der Waals surface area (Å²) in [5, 5.41) is 19.0. The van der Waals surface area contributed by atoms with E-state index in [1.54, 1.807) is 61.7 Å². The first kappa shape index (κ1) is 25.1. The molecule has 188 valence electrons. The fraction of sp³-hybridized carbons (Fsp3) is 0.240. The first-order chi connectivity index (χ1) is 17.2. The Labute approximate surface area is 210 Å². The van der Waals surface area contributed by atoms with Gasteiger partial charge in [-0.25, -0.2) is 4.79 Å². The number of amides is 1. The highest BCUT2D eigenvalue weighted by Gasteiger charge is 2.42. The Hall–Kier alpha value is -3.96. The molecule has 4 N–H and O–H groups in total. The van der Waals surface area contributed by atoms with Crippen molar-refractivity contribution in [2.24, 2.45) is 5.73 Å². The third-order valence-electron chi connectivity index (χ3n) is 6.30. The SMILES string of the molecule is COc1ccc2cc(N(C3CCN(C(Cc4ccc(C(=N)N)cc4)C(=O)O)C3=O)S(=O)[O-])ccc2c1. The maximum Gasteiger partial charge on any atom is 0.326 e. The van der Waals surface area contributed by atoms with Crippen molar-refractivity contribution in [1.82, 2.24) is 4.90 Å². The Morgan fingerprint density at radius 1 is 1.22 bits per heavy atom. The Kier molecular flexibility index (Phi) is 7.22. The summed E-state index contributed by atoms with van der Waals surface area (Å²) in [5.74, 6) is -1.19. The van der Waals surface area contributed by atoms with E-state index in [9.17, 15) is 23.5 Å². The number of amidine groups is 1. The number of benzene rings is 3. The van der Waals surface area contributed by atoms with Crippen molar-refractivity contribution < 1.29 is 28.2 Å². The summed E-state index contributed by atoms with van der Waals surface area (Å²) >= 11 is -2.77. The molecule has 1 fully saturated rings. The van der Waals surface area contributed by atoms with Gasteiger partial charge in [0.15, 0.2) is 0 Å². The zero-order valence-corrected chi connectivity index (χ0v) is 20.2. The zero-order valence-electron chi connectivity index (χ0n) is 19.4. The van der Waals surface area contributed by atoms with Crippen LogP contribution in [0.1, 0.15) is 17.5 Å². The molecule has 3 aromatic rings. The number of hydrogen-bond donors (Lipinski definition) is 3. The molecule has 3 aromatic carbocycles. The van der Waals surface area contributed by atoms with E-state index in [1.807, 2.05) is 6.07 Å². The lowest BCUT2D eigenvalue weighted by Crippen LogP contribution is -2.48. The van der Waals surface area contributed by atoms with Crippen molar-refractivity contribution in [1.29, 1.82) is 5.41 Å². The highest BCUT2D eigenvalue weighted by atomic mass is 32.2. The second-order valence-corrected chi connectivity index (χ2v) is 9.27. The molecule has 4 rings (SSSR count). The molecule has 0 radical (unpaired) electrons. The van der Waals surface area contributed by atoms with E-state index < -0.39 is 35.2 Å². The number of nitrogens with zero attached hydrogens (tertiary/aromatic N) is 2. The first-order valence-electron chi connectivity index (χ1n) is 11.1. The Morgan fingerprint density at radius 3 is 2.50 bits per heavy atom. The summed E-state index contributed by atoms with van der Waals surface area (Å²) in [5.41, 5.74) is 6.93. The number of carbonyl (C=O) groups excluding carboxylic acids is 1. The topological polar surface area (TPSA) is 160 Å². The van der Waals surface area contributed by atoms with Crippen LogP contribution >= 0.6 is 0 Å². The normalized spacial score (nSPS) is 17.1. The average Bonchev–Trinajstić information content (AvgIpc) is 3.22. The Morgan fingerprint density at radius 2 is 1.89 bits per heavy atom. The zero-order chi connectivity index (χ0) is 26.0. The van der Waals surface area contributed by atoms with Gasteiger partial charge < -0.3 is 25.0 Å². The van der Waals surface area contributed by atoms with Crippen LogP contribution in [-0.4, -0.2) is 62.2 Å². The smallest absolute Gasteiger partial charge is 0.326 e. The van der Waals surface area contributed by atoms with E-state index >= 15 is 0 Å². The number of rotatable bonds is 9. The molecular formula is C25H25N4O6S-. The Bertz CT molecular complexity index is 1350. The van der Waals surface area contributed by atoms with Gasteiger partial charge in [-0.2, -0.15) is 0 Å². The molecule has 1 aliphatic heterocycles. The van der Waals surface area contributed by atoms with Crippen LogP contribution < -0.4 is 14.8 Å². The van der Waals surface area contributed by atoms with Gasteiger partial charge in [0.2, 0.25) is 5.91 Å². The fourth-order valence-electron chi connectivity index (χ4n) is 4.43. The van der Waals surface area contributed by atoms with Crippen LogP contribution in [0.2, 0.25) is 0 Å². The minimum atomic E-state index is -2.77. The summed E-state index contributed by atoms with van der Waals surface area (Å²) in [6.45, 7) is 0.102. The predicted octanol–water partition coefficient (Wildman–Crippen LogP) is 2.03. The van der Waals surface area contributed by atoms with Gasteiger partial charge in [0.1, 0.15) is 23.7 Å². The third kappa shape index (κ3) is 5.02. The van der Waals surface area contributed by atoms with E-state index in [4.69, 9.17) is 15.9 Å². The van der Waals surface area contributed by atoms with Crippen molar-refractivity contribution in [2.45, 2.75) is 24.9 Å². The number of carbonyl (C=O) groups is 2. The van der Waals surface area contributed by atoms with E-state index in [2.05, 4.69) is 0 Å². The molecule has 1 amide bonds. The molecule has 3 atom stereocenters. The van der Waals surface area contributed by atoms with E-state index in [1.165, 1.54) is 4.90 Å². The number of hydrogen-bond acceptors (Lipinski definition) is 6. The first-order valence-corrected chi connectivity index (χ1v) is 12.2. The van der Waals surface area contributed by atoms with E-state index in [0.29, 0.717) is 22.6 Å². The molecule has 10 nitrogen and oxygen atoms in total. The van der Waals surface area contributed by atoms with Gasteiger partial charge >= 0.3 is 5.97 Å². The third-order valence-corrected chi connectivity index (χ3v) is 7.08. The van der Waals surface area contributed by atoms with Gasteiger partial charge in [-0.15, -0.1) is 0 Å². The summed E-state index contributed by atoms with van der Waals surface area (Å²) in [7, 11) is 1.56. The summed E-state index contributed by atoms with van der Waals surface area (Å²) in [4.78, 5) is 26.7. The van der Waals surface area contributed by atoms with Crippen LogP contribution in [0.5, 0.6) is 5.75 Å². The van der Waals surface area contributed by atoms with E-state index in [0.717, 1.165) is 15.1 Å². The van der Waals surface area contributed by atoms with Crippen LogP contribution in [-0.2, 0) is 27.3 Å². The summed E-state index contributed by atoms with van der Waals surface area (Å²) < 4.78 is 30.7. The van der Waals surface area contributed by atoms with Gasteiger partial charge in [-0.3, -0.25) is 18.7 Å².